The first kappa shape index (κ1) is 23.7. The lowest BCUT2D eigenvalue weighted by Gasteiger charge is -2.12. The summed E-state index contributed by atoms with van der Waals surface area (Å²) in [6.45, 7) is 1.45. The molecule has 8 heteroatoms. The number of hydrogen-bond donors (Lipinski definition) is 2. The van der Waals surface area contributed by atoms with Gasteiger partial charge in [0.15, 0.2) is 5.96 Å². The second kappa shape index (κ2) is 12.2. The molecule has 0 bridgehead atoms. The summed E-state index contributed by atoms with van der Waals surface area (Å²) in [5.41, 5.74) is 2.94. The Bertz CT molecular complexity index is 943. The molecule has 0 aliphatic heterocycles. The molecule has 160 valence electrons. The predicted octanol–water partition coefficient (Wildman–Crippen LogP) is 3.59. The number of benzene rings is 2. The van der Waals surface area contributed by atoms with E-state index in [2.05, 4.69) is 26.8 Å². The van der Waals surface area contributed by atoms with Crippen LogP contribution >= 0.6 is 24.0 Å². The van der Waals surface area contributed by atoms with Gasteiger partial charge >= 0.3 is 0 Å². The molecule has 0 saturated carbocycles. The van der Waals surface area contributed by atoms with Gasteiger partial charge in [-0.15, -0.1) is 24.0 Å². The molecule has 0 radical (unpaired) electrons. The summed E-state index contributed by atoms with van der Waals surface area (Å²) in [5.74, 6) is 1.39. The highest BCUT2D eigenvalue weighted by molar-refractivity contribution is 14.0. The first-order chi connectivity index (χ1) is 14.2. The third-order valence-corrected chi connectivity index (χ3v) is 4.51. The SMILES string of the molecule is CN=C(NCCc1ccn(-c2ccc(F)cc2)n1)NCCc1ccccc1OC.I. The van der Waals surface area contributed by atoms with Crippen molar-refractivity contribution in [1.29, 1.82) is 0 Å². The lowest BCUT2D eigenvalue weighted by Crippen LogP contribution is -2.39. The summed E-state index contributed by atoms with van der Waals surface area (Å²) in [6, 6.07) is 16.2. The van der Waals surface area contributed by atoms with Crippen LogP contribution in [0.4, 0.5) is 4.39 Å². The number of rotatable bonds is 8. The predicted molar refractivity (Wildman–Crippen MR) is 129 cm³/mol. The van der Waals surface area contributed by atoms with Crippen molar-refractivity contribution in [2.24, 2.45) is 4.99 Å². The van der Waals surface area contributed by atoms with E-state index in [1.54, 1.807) is 31.0 Å². The van der Waals surface area contributed by atoms with Crippen LogP contribution in [0.3, 0.4) is 0 Å². The van der Waals surface area contributed by atoms with E-state index in [0.29, 0.717) is 6.54 Å². The molecule has 6 nitrogen and oxygen atoms in total. The maximum absolute atomic E-state index is 13.0. The molecule has 0 atom stereocenters. The van der Waals surface area contributed by atoms with Crippen molar-refractivity contribution < 1.29 is 9.13 Å². The van der Waals surface area contributed by atoms with Crippen molar-refractivity contribution in [1.82, 2.24) is 20.4 Å². The zero-order chi connectivity index (χ0) is 20.5. The molecule has 0 amide bonds. The number of guanidine groups is 1. The molecule has 3 rings (SSSR count). The summed E-state index contributed by atoms with van der Waals surface area (Å²) in [5, 5.41) is 11.1. The van der Waals surface area contributed by atoms with E-state index in [1.807, 2.05) is 30.5 Å². The highest BCUT2D eigenvalue weighted by atomic mass is 127. The van der Waals surface area contributed by atoms with Crippen molar-refractivity contribution in [2.45, 2.75) is 12.8 Å². The topological polar surface area (TPSA) is 63.5 Å². The van der Waals surface area contributed by atoms with Crippen LogP contribution in [-0.4, -0.2) is 43.0 Å². The van der Waals surface area contributed by atoms with Crippen LogP contribution in [0.15, 0.2) is 65.8 Å². The molecule has 0 saturated heterocycles. The molecule has 1 aromatic heterocycles. The van der Waals surface area contributed by atoms with Crippen LogP contribution in [-0.2, 0) is 12.8 Å². The molecule has 1 heterocycles. The van der Waals surface area contributed by atoms with E-state index in [1.165, 1.54) is 12.1 Å². The lowest BCUT2D eigenvalue weighted by molar-refractivity contribution is 0.409. The van der Waals surface area contributed by atoms with E-state index in [-0.39, 0.29) is 29.8 Å². The maximum Gasteiger partial charge on any atom is 0.190 e. The molecular weight excluding hydrogens is 496 g/mol. The van der Waals surface area contributed by atoms with Crippen molar-refractivity contribution in [3.63, 3.8) is 0 Å². The average Bonchev–Trinajstić information content (AvgIpc) is 3.22. The van der Waals surface area contributed by atoms with E-state index < -0.39 is 0 Å². The van der Waals surface area contributed by atoms with Gasteiger partial charge in [0.25, 0.3) is 0 Å². The van der Waals surface area contributed by atoms with Crippen LogP contribution in [0, 0.1) is 5.82 Å². The second-order valence-corrected chi connectivity index (χ2v) is 6.47. The Morgan fingerprint density at radius 2 is 1.73 bits per heavy atom. The largest absolute Gasteiger partial charge is 0.496 e. The number of aromatic nitrogens is 2. The first-order valence-electron chi connectivity index (χ1n) is 9.56. The van der Waals surface area contributed by atoms with Crippen LogP contribution in [0.1, 0.15) is 11.3 Å². The van der Waals surface area contributed by atoms with Gasteiger partial charge in [-0.3, -0.25) is 4.99 Å². The number of para-hydroxylation sites is 1. The number of hydrogen-bond acceptors (Lipinski definition) is 3. The minimum Gasteiger partial charge on any atom is -0.496 e. The molecule has 0 unspecified atom stereocenters. The van der Waals surface area contributed by atoms with Gasteiger partial charge in [0.05, 0.1) is 18.5 Å². The van der Waals surface area contributed by atoms with E-state index in [0.717, 1.165) is 48.0 Å². The molecule has 0 spiro atoms. The van der Waals surface area contributed by atoms with Crippen molar-refractivity contribution in [3.05, 3.63) is 77.9 Å². The quantitative estimate of drug-likeness (QED) is 0.269. The Kier molecular flexibility index (Phi) is 9.59. The van der Waals surface area contributed by atoms with Crippen LogP contribution in [0.5, 0.6) is 5.75 Å². The van der Waals surface area contributed by atoms with Gasteiger partial charge in [-0.25, -0.2) is 9.07 Å². The minimum atomic E-state index is -0.255. The number of methoxy groups -OCH3 is 1. The monoisotopic (exact) mass is 523 g/mol. The summed E-state index contributed by atoms with van der Waals surface area (Å²) >= 11 is 0. The van der Waals surface area contributed by atoms with Crippen molar-refractivity contribution in [3.8, 4) is 11.4 Å². The maximum atomic E-state index is 13.0. The Morgan fingerprint density at radius 3 is 2.43 bits per heavy atom. The van der Waals surface area contributed by atoms with Gasteiger partial charge in [-0.1, -0.05) is 18.2 Å². The van der Waals surface area contributed by atoms with Gasteiger partial charge < -0.3 is 15.4 Å². The van der Waals surface area contributed by atoms with Gasteiger partial charge in [0.2, 0.25) is 0 Å². The molecule has 0 aliphatic rings. The lowest BCUT2D eigenvalue weighted by atomic mass is 10.1. The third kappa shape index (κ3) is 6.72. The first-order valence-corrected chi connectivity index (χ1v) is 9.56. The highest BCUT2D eigenvalue weighted by Gasteiger charge is 2.04. The Labute approximate surface area is 193 Å². The molecule has 0 fully saturated rings. The molecule has 2 aromatic carbocycles. The van der Waals surface area contributed by atoms with Gasteiger partial charge in [-0.2, -0.15) is 5.10 Å². The fourth-order valence-electron chi connectivity index (χ4n) is 2.99. The number of aliphatic imine (C=N–C) groups is 1. The van der Waals surface area contributed by atoms with Gasteiger partial charge in [0, 0.05) is 32.8 Å². The summed E-state index contributed by atoms with van der Waals surface area (Å²) in [7, 11) is 3.44. The Balaban J connectivity index is 0.00000320. The smallest absolute Gasteiger partial charge is 0.190 e. The summed E-state index contributed by atoms with van der Waals surface area (Å²) in [6.07, 6.45) is 3.47. The fourth-order valence-corrected chi connectivity index (χ4v) is 2.99. The van der Waals surface area contributed by atoms with Crippen LogP contribution in [0.2, 0.25) is 0 Å². The second-order valence-electron chi connectivity index (χ2n) is 6.47. The zero-order valence-corrected chi connectivity index (χ0v) is 19.5. The highest BCUT2D eigenvalue weighted by Crippen LogP contribution is 2.17. The van der Waals surface area contributed by atoms with E-state index in [9.17, 15) is 4.39 Å². The fraction of sp³-hybridized carbons (Fsp3) is 0.273. The summed E-state index contributed by atoms with van der Waals surface area (Å²) in [4.78, 5) is 4.26. The number of ether oxygens (including phenoxy) is 1. The summed E-state index contributed by atoms with van der Waals surface area (Å²) < 4.78 is 20.2. The van der Waals surface area contributed by atoms with E-state index in [4.69, 9.17) is 4.74 Å². The number of halogens is 2. The zero-order valence-electron chi connectivity index (χ0n) is 17.1. The normalized spacial score (nSPS) is 11.0. The van der Waals surface area contributed by atoms with Gasteiger partial charge in [0.1, 0.15) is 11.6 Å². The van der Waals surface area contributed by atoms with Crippen molar-refractivity contribution >= 4 is 29.9 Å². The Hall–Kier alpha value is -2.62. The standard InChI is InChI=1S/C22H26FN5O.HI/c1-24-22(25-14-11-17-5-3-4-6-21(17)29-2)26-15-12-19-13-16-28(27-19)20-9-7-18(23)8-10-20;/h3-10,13,16H,11-12,14-15H2,1-2H3,(H2,24,25,26);1H. The number of nitrogens with zero attached hydrogens (tertiary/aromatic N) is 3. The minimum absolute atomic E-state index is 0. The molecule has 2 N–H and O–H groups in total. The number of nitrogens with one attached hydrogen (secondary N) is 2. The van der Waals surface area contributed by atoms with Crippen LogP contribution in [0.25, 0.3) is 5.69 Å². The molecule has 30 heavy (non-hydrogen) atoms. The van der Waals surface area contributed by atoms with E-state index >= 15 is 0 Å². The molecule has 0 aliphatic carbocycles. The third-order valence-electron chi connectivity index (χ3n) is 4.51. The van der Waals surface area contributed by atoms with Gasteiger partial charge in [-0.05, 0) is 48.4 Å². The average molecular weight is 523 g/mol. The molecule has 3 aromatic rings. The van der Waals surface area contributed by atoms with Crippen molar-refractivity contribution in [2.75, 3.05) is 27.2 Å². The molecular formula is C22H27FIN5O. The Morgan fingerprint density at radius 1 is 1.03 bits per heavy atom. The van der Waals surface area contributed by atoms with Crippen LogP contribution < -0.4 is 15.4 Å².